The summed E-state index contributed by atoms with van der Waals surface area (Å²) < 4.78 is 7.46. The average molecular weight is 291 g/mol. The Morgan fingerprint density at radius 2 is 2.05 bits per heavy atom. The Morgan fingerprint density at radius 1 is 1.23 bits per heavy atom. The third kappa shape index (κ3) is 3.22. The number of benzene rings is 1. The molecule has 0 aliphatic carbocycles. The first-order valence-corrected chi connectivity index (χ1v) is 6.71. The summed E-state index contributed by atoms with van der Waals surface area (Å²) in [5, 5.41) is 11.7. The van der Waals surface area contributed by atoms with Crippen LogP contribution in [0.2, 0.25) is 0 Å². The minimum absolute atomic E-state index is 0.144. The fourth-order valence-electron chi connectivity index (χ4n) is 1.98. The Balaban J connectivity index is 1.69. The lowest BCUT2D eigenvalue weighted by atomic mass is 10.3. The lowest BCUT2D eigenvalue weighted by Gasteiger charge is -2.08. The number of imidazole rings is 1. The zero-order valence-electron chi connectivity index (χ0n) is 11.7. The van der Waals surface area contributed by atoms with Gasteiger partial charge in [-0.2, -0.15) is 5.26 Å². The molecule has 1 aromatic carbocycles. The predicted molar refractivity (Wildman–Crippen MR) is 82.1 cm³/mol. The number of hydrogen-bond donors (Lipinski definition) is 1. The summed E-state index contributed by atoms with van der Waals surface area (Å²) in [5.41, 5.74) is 1.69. The molecule has 0 radical (unpaired) electrons. The molecular formula is C16H13N5O. The van der Waals surface area contributed by atoms with Crippen molar-refractivity contribution in [3.8, 4) is 11.9 Å². The number of amidine groups is 1. The Bertz CT molecular complexity index is 799. The molecule has 3 aromatic rings. The van der Waals surface area contributed by atoms with Crippen molar-refractivity contribution < 1.29 is 4.74 Å². The van der Waals surface area contributed by atoms with Crippen LogP contribution in [0.25, 0.3) is 5.65 Å². The Hall–Kier alpha value is -3.33. The van der Waals surface area contributed by atoms with E-state index in [1.165, 1.54) is 0 Å². The second-order valence-electron chi connectivity index (χ2n) is 4.48. The van der Waals surface area contributed by atoms with Crippen LogP contribution in [-0.2, 0) is 6.54 Å². The number of para-hydroxylation sites is 1. The average Bonchev–Trinajstić information content (AvgIpc) is 2.97. The monoisotopic (exact) mass is 291 g/mol. The number of fused-ring (bicyclic) bond motifs is 1. The molecule has 108 valence electrons. The molecule has 6 nitrogen and oxygen atoms in total. The molecule has 0 aliphatic rings. The molecule has 0 aliphatic heterocycles. The molecule has 0 unspecified atom stereocenters. The third-order valence-electron chi connectivity index (χ3n) is 2.94. The van der Waals surface area contributed by atoms with Gasteiger partial charge in [0.1, 0.15) is 11.4 Å². The van der Waals surface area contributed by atoms with Gasteiger partial charge in [0, 0.05) is 12.4 Å². The van der Waals surface area contributed by atoms with Crippen molar-refractivity contribution in [3.63, 3.8) is 0 Å². The second-order valence-corrected chi connectivity index (χ2v) is 4.48. The van der Waals surface area contributed by atoms with Crippen molar-refractivity contribution in [3.05, 3.63) is 66.6 Å². The first-order chi connectivity index (χ1) is 10.8. The van der Waals surface area contributed by atoms with Gasteiger partial charge < -0.3 is 14.5 Å². The van der Waals surface area contributed by atoms with Gasteiger partial charge >= 0.3 is 6.02 Å². The van der Waals surface area contributed by atoms with Crippen LogP contribution in [-0.4, -0.2) is 15.4 Å². The van der Waals surface area contributed by atoms with Crippen LogP contribution >= 0.6 is 0 Å². The summed E-state index contributed by atoms with van der Waals surface area (Å²) in [6.45, 7) is 0.412. The van der Waals surface area contributed by atoms with Crippen molar-refractivity contribution in [2.45, 2.75) is 6.54 Å². The summed E-state index contributed by atoms with van der Waals surface area (Å²) in [5.74, 6) is 0.610. The highest BCUT2D eigenvalue weighted by atomic mass is 16.5. The van der Waals surface area contributed by atoms with E-state index in [0.29, 0.717) is 12.3 Å². The van der Waals surface area contributed by atoms with E-state index < -0.39 is 0 Å². The smallest absolute Gasteiger partial charge is 0.306 e. The minimum Gasteiger partial charge on any atom is -0.425 e. The second kappa shape index (κ2) is 6.41. The van der Waals surface area contributed by atoms with E-state index in [1.807, 2.05) is 53.2 Å². The molecule has 2 aromatic heterocycles. The molecule has 6 heteroatoms. The summed E-state index contributed by atoms with van der Waals surface area (Å²) in [6.07, 6.45) is 5.56. The number of rotatable bonds is 3. The Labute approximate surface area is 127 Å². The standard InChI is InChI=1S/C16H13N5O/c17-12-19-16(22-14-6-2-1-3-7-14)18-10-13-11-21-9-5-4-8-15(21)20-13/h1-9,11H,10H2,(H,18,19). The van der Waals surface area contributed by atoms with Crippen LogP contribution < -0.4 is 10.1 Å². The van der Waals surface area contributed by atoms with Crippen LogP contribution in [0.4, 0.5) is 0 Å². The van der Waals surface area contributed by atoms with Gasteiger partial charge in [0.25, 0.3) is 0 Å². The van der Waals surface area contributed by atoms with Gasteiger partial charge in [0.2, 0.25) is 6.19 Å². The molecule has 0 saturated heterocycles. The number of aliphatic imine (C=N–C) groups is 1. The van der Waals surface area contributed by atoms with Crippen molar-refractivity contribution in [2.75, 3.05) is 0 Å². The summed E-state index contributed by atoms with van der Waals surface area (Å²) in [6, 6.07) is 15.1. The number of hydrogen-bond acceptors (Lipinski definition) is 4. The van der Waals surface area contributed by atoms with E-state index in [9.17, 15) is 0 Å². The third-order valence-corrected chi connectivity index (χ3v) is 2.94. The molecule has 0 bridgehead atoms. The molecule has 0 fully saturated rings. The number of nitrogens with zero attached hydrogens (tertiary/aromatic N) is 4. The molecule has 0 amide bonds. The van der Waals surface area contributed by atoms with E-state index in [-0.39, 0.29) is 6.02 Å². The van der Waals surface area contributed by atoms with E-state index in [0.717, 1.165) is 11.3 Å². The highest BCUT2D eigenvalue weighted by Crippen LogP contribution is 2.09. The van der Waals surface area contributed by atoms with Gasteiger partial charge in [-0.1, -0.05) is 24.3 Å². The summed E-state index contributed by atoms with van der Waals surface area (Å²) in [4.78, 5) is 8.10. The summed E-state index contributed by atoms with van der Waals surface area (Å²) >= 11 is 0. The summed E-state index contributed by atoms with van der Waals surface area (Å²) in [7, 11) is 0. The van der Waals surface area contributed by atoms with Crippen LogP contribution in [0.15, 0.2) is 65.9 Å². The molecule has 3 rings (SSSR count). The fourth-order valence-corrected chi connectivity index (χ4v) is 1.98. The lowest BCUT2D eigenvalue weighted by molar-refractivity contribution is 0.514. The lowest BCUT2D eigenvalue weighted by Crippen LogP contribution is -2.28. The van der Waals surface area contributed by atoms with E-state index in [4.69, 9.17) is 10.00 Å². The SMILES string of the molecule is N#C/N=C(/NCc1cn2ccccc2n1)Oc1ccccc1. The van der Waals surface area contributed by atoms with Crippen LogP contribution in [0.3, 0.4) is 0 Å². The Morgan fingerprint density at radius 3 is 2.82 bits per heavy atom. The van der Waals surface area contributed by atoms with E-state index in [2.05, 4.69) is 15.3 Å². The van der Waals surface area contributed by atoms with Crippen molar-refractivity contribution in [1.82, 2.24) is 14.7 Å². The minimum atomic E-state index is 0.144. The van der Waals surface area contributed by atoms with Crippen molar-refractivity contribution in [1.29, 1.82) is 5.26 Å². The maximum Gasteiger partial charge on any atom is 0.306 e. The number of aromatic nitrogens is 2. The predicted octanol–water partition coefficient (Wildman–Crippen LogP) is 2.34. The van der Waals surface area contributed by atoms with E-state index in [1.54, 1.807) is 18.3 Å². The van der Waals surface area contributed by atoms with Crippen LogP contribution in [0.1, 0.15) is 5.69 Å². The largest absolute Gasteiger partial charge is 0.425 e. The van der Waals surface area contributed by atoms with Gasteiger partial charge in [-0.25, -0.2) is 4.98 Å². The first kappa shape index (κ1) is 13.6. The molecule has 0 saturated carbocycles. The highest BCUT2D eigenvalue weighted by Gasteiger charge is 2.05. The quantitative estimate of drug-likeness (QED) is 0.456. The number of nitriles is 1. The number of nitrogens with one attached hydrogen (secondary N) is 1. The van der Waals surface area contributed by atoms with E-state index >= 15 is 0 Å². The normalized spacial score (nSPS) is 11.1. The molecule has 0 atom stereocenters. The maximum absolute atomic E-state index is 8.75. The zero-order chi connectivity index (χ0) is 15.2. The molecule has 1 N–H and O–H groups in total. The van der Waals surface area contributed by atoms with Crippen LogP contribution in [0, 0.1) is 11.5 Å². The first-order valence-electron chi connectivity index (χ1n) is 6.71. The molecule has 2 heterocycles. The number of pyridine rings is 1. The van der Waals surface area contributed by atoms with Gasteiger partial charge in [-0.3, -0.25) is 0 Å². The Kier molecular flexibility index (Phi) is 3.98. The van der Waals surface area contributed by atoms with Gasteiger partial charge in [0.15, 0.2) is 0 Å². The zero-order valence-corrected chi connectivity index (χ0v) is 11.7. The maximum atomic E-state index is 8.75. The van der Waals surface area contributed by atoms with Gasteiger partial charge in [-0.15, -0.1) is 4.99 Å². The molecule has 22 heavy (non-hydrogen) atoms. The number of ether oxygens (including phenoxy) is 1. The van der Waals surface area contributed by atoms with Crippen molar-refractivity contribution in [2.24, 2.45) is 4.99 Å². The van der Waals surface area contributed by atoms with Gasteiger partial charge in [0.05, 0.1) is 12.2 Å². The molecular weight excluding hydrogens is 278 g/mol. The van der Waals surface area contributed by atoms with Crippen molar-refractivity contribution >= 4 is 11.7 Å². The molecule has 0 spiro atoms. The van der Waals surface area contributed by atoms with Gasteiger partial charge in [-0.05, 0) is 24.3 Å². The highest BCUT2D eigenvalue weighted by molar-refractivity contribution is 5.77. The topological polar surface area (TPSA) is 74.7 Å². The fraction of sp³-hybridized carbons (Fsp3) is 0.0625. The van der Waals surface area contributed by atoms with Crippen LogP contribution in [0.5, 0.6) is 5.75 Å².